The van der Waals surface area contributed by atoms with Crippen LogP contribution in [0, 0.1) is 5.41 Å². The summed E-state index contributed by atoms with van der Waals surface area (Å²) in [4.78, 5) is 6.00. The Labute approximate surface area is 161 Å². The van der Waals surface area contributed by atoms with Crippen molar-refractivity contribution in [2.24, 2.45) is 10.4 Å². The fourth-order valence-electron chi connectivity index (χ4n) is 3.13. The summed E-state index contributed by atoms with van der Waals surface area (Å²) in [5.41, 5.74) is 0.384. The summed E-state index contributed by atoms with van der Waals surface area (Å²) in [6.07, 6.45) is 6.42. The number of rotatable bonds is 8. The maximum absolute atomic E-state index is 5.31. The highest BCUT2D eigenvalue weighted by Gasteiger charge is 2.33. The average Bonchev–Trinajstić information content (AvgIpc) is 3.20. The number of nitrogens with one attached hydrogen (secondary N) is 2. The number of halogens is 1. The smallest absolute Gasteiger partial charge is 0.191 e. The lowest BCUT2D eigenvalue weighted by atomic mass is 9.83. The van der Waals surface area contributed by atoms with Gasteiger partial charge in [0.2, 0.25) is 0 Å². The molecule has 0 spiro atoms. The third-order valence-electron chi connectivity index (χ3n) is 4.45. The van der Waals surface area contributed by atoms with Crippen molar-refractivity contribution in [1.29, 1.82) is 0 Å². The van der Waals surface area contributed by atoms with Crippen LogP contribution in [-0.2, 0) is 11.3 Å². The van der Waals surface area contributed by atoms with Crippen LogP contribution < -0.4 is 10.6 Å². The lowest BCUT2D eigenvalue weighted by Gasteiger charge is -2.30. The third-order valence-corrected chi connectivity index (χ3v) is 5.31. The van der Waals surface area contributed by atoms with Crippen LogP contribution in [0.4, 0.5) is 0 Å². The molecule has 0 bridgehead atoms. The summed E-state index contributed by atoms with van der Waals surface area (Å²) < 4.78 is 5.31. The summed E-state index contributed by atoms with van der Waals surface area (Å²) in [6.45, 7) is 5.59. The van der Waals surface area contributed by atoms with Crippen LogP contribution in [0.5, 0.6) is 0 Å². The zero-order valence-corrected chi connectivity index (χ0v) is 17.4. The van der Waals surface area contributed by atoms with Gasteiger partial charge in [-0.2, -0.15) is 0 Å². The van der Waals surface area contributed by atoms with Crippen LogP contribution in [-0.4, -0.2) is 32.8 Å². The van der Waals surface area contributed by atoms with Crippen molar-refractivity contribution in [2.45, 2.75) is 45.6 Å². The molecule has 1 aliphatic carbocycles. The Morgan fingerprint density at radius 2 is 2.13 bits per heavy atom. The second kappa shape index (κ2) is 11.3. The van der Waals surface area contributed by atoms with Crippen molar-refractivity contribution in [3.63, 3.8) is 0 Å². The molecule has 0 unspecified atom stereocenters. The Morgan fingerprint density at radius 1 is 1.35 bits per heavy atom. The Bertz CT molecular complexity index is 445. The van der Waals surface area contributed by atoms with E-state index in [1.807, 2.05) is 0 Å². The zero-order chi connectivity index (χ0) is 15.7. The molecule has 1 aromatic heterocycles. The molecule has 2 rings (SSSR count). The van der Waals surface area contributed by atoms with Gasteiger partial charge in [-0.25, -0.2) is 4.99 Å². The number of methoxy groups -OCH3 is 1. The molecule has 0 amide bonds. The van der Waals surface area contributed by atoms with Crippen LogP contribution in [0.1, 0.15) is 43.9 Å². The number of aliphatic imine (C=N–C) groups is 1. The molecule has 0 saturated heterocycles. The molecule has 23 heavy (non-hydrogen) atoms. The standard InChI is InChI=1S/C17H29N3OS.HI/c1-3-18-16(19-13-15-7-6-12-22-15)20-14-17(10-11-21-2)8-4-5-9-17;/h6-7,12H,3-5,8-11,13-14H2,1-2H3,(H2,18,19,20);1H. The zero-order valence-electron chi connectivity index (χ0n) is 14.3. The molecule has 0 radical (unpaired) electrons. The molecular formula is C17H30IN3OS. The first-order chi connectivity index (χ1) is 10.8. The van der Waals surface area contributed by atoms with Gasteiger partial charge in [0.15, 0.2) is 5.96 Å². The Morgan fingerprint density at radius 3 is 2.74 bits per heavy atom. The fourth-order valence-corrected chi connectivity index (χ4v) is 3.76. The maximum Gasteiger partial charge on any atom is 0.191 e. The molecule has 1 aliphatic rings. The molecular weight excluding hydrogens is 421 g/mol. The highest BCUT2D eigenvalue weighted by Crippen LogP contribution is 2.40. The molecule has 2 N–H and O–H groups in total. The molecule has 0 aliphatic heterocycles. The van der Waals surface area contributed by atoms with Crippen molar-refractivity contribution in [1.82, 2.24) is 10.6 Å². The van der Waals surface area contributed by atoms with Gasteiger partial charge in [0.25, 0.3) is 0 Å². The van der Waals surface area contributed by atoms with Gasteiger partial charge in [-0.05, 0) is 43.0 Å². The van der Waals surface area contributed by atoms with Crippen LogP contribution in [0.2, 0.25) is 0 Å². The van der Waals surface area contributed by atoms with Crippen LogP contribution in [0.15, 0.2) is 22.5 Å². The van der Waals surface area contributed by atoms with Crippen molar-refractivity contribution < 1.29 is 4.74 Å². The monoisotopic (exact) mass is 451 g/mol. The third kappa shape index (κ3) is 6.97. The molecule has 1 saturated carbocycles. The number of guanidine groups is 1. The summed E-state index contributed by atoms with van der Waals surface area (Å²) in [6, 6.07) is 4.21. The minimum Gasteiger partial charge on any atom is -0.385 e. The molecule has 0 aromatic carbocycles. The van der Waals surface area contributed by atoms with Gasteiger partial charge >= 0.3 is 0 Å². The van der Waals surface area contributed by atoms with E-state index in [2.05, 4.69) is 35.1 Å². The molecule has 6 heteroatoms. The van der Waals surface area contributed by atoms with E-state index in [0.29, 0.717) is 5.41 Å². The van der Waals surface area contributed by atoms with Gasteiger partial charge in [0.1, 0.15) is 0 Å². The van der Waals surface area contributed by atoms with E-state index in [4.69, 9.17) is 9.73 Å². The summed E-state index contributed by atoms with van der Waals surface area (Å²) in [5, 5.41) is 9.02. The first-order valence-electron chi connectivity index (χ1n) is 8.31. The second-order valence-electron chi connectivity index (χ2n) is 6.08. The summed E-state index contributed by atoms with van der Waals surface area (Å²) in [7, 11) is 1.79. The minimum absolute atomic E-state index is 0. The van der Waals surface area contributed by atoms with Crippen molar-refractivity contribution in [2.75, 3.05) is 26.8 Å². The Hall–Kier alpha value is -0.340. The van der Waals surface area contributed by atoms with E-state index in [0.717, 1.165) is 38.6 Å². The Balaban J connectivity index is 0.00000264. The molecule has 1 aromatic rings. The Kier molecular flexibility index (Phi) is 10.1. The first-order valence-corrected chi connectivity index (χ1v) is 9.19. The maximum atomic E-state index is 5.31. The van der Waals surface area contributed by atoms with E-state index >= 15 is 0 Å². The highest BCUT2D eigenvalue weighted by molar-refractivity contribution is 14.0. The largest absolute Gasteiger partial charge is 0.385 e. The van der Waals surface area contributed by atoms with Gasteiger partial charge in [0, 0.05) is 31.7 Å². The van der Waals surface area contributed by atoms with E-state index < -0.39 is 0 Å². The SMILES string of the molecule is CCNC(=NCc1cccs1)NCC1(CCOC)CCCC1.I. The predicted octanol–water partition coefficient (Wildman–Crippen LogP) is 4.02. The van der Waals surface area contributed by atoms with Crippen molar-refractivity contribution in [3.05, 3.63) is 22.4 Å². The normalized spacial score (nSPS) is 16.9. The van der Waals surface area contributed by atoms with Crippen molar-refractivity contribution >= 4 is 41.3 Å². The molecule has 1 heterocycles. The van der Waals surface area contributed by atoms with Gasteiger partial charge in [0.05, 0.1) is 6.54 Å². The number of hydrogen-bond acceptors (Lipinski definition) is 3. The predicted molar refractivity (Wildman–Crippen MR) is 110 cm³/mol. The van der Waals surface area contributed by atoms with Gasteiger partial charge in [-0.15, -0.1) is 35.3 Å². The number of thiophene rings is 1. The lowest BCUT2D eigenvalue weighted by molar-refractivity contribution is 0.138. The first kappa shape index (κ1) is 20.7. The van der Waals surface area contributed by atoms with E-state index in [9.17, 15) is 0 Å². The highest BCUT2D eigenvalue weighted by atomic mass is 127. The van der Waals surface area contributed by atoms with E-state index in [1.54, 1.807) is 18.4 Å². The van der Waals surface area contributed by atoms with Gasteiger partial charge in [-0.1, -0.05) is 18.9 Å². The molecule has 0 atom stereocenters. The average molecular weight is 451 g/mol. The van der Waals surface area contributed by atoms with Crippen LogP contribution in [0.25, 0.3) is 0 Å². The lowest BCUT2D eigenvalue weighted by Crippen LogP contribution is -2.43. The quantitative estimate of drug-likeness (QED) is 0.357. The van der Waals surface area contributed by atoms with Gasteiger partial charge in [-0.3, -0.25) is 0 Å². The van der Waals surface area contributed by atoms with Crippen LogP contribution >= 0.6 is 35.3 Å². The molecule has 1 fully saturated rings. The number of ether oxygens (including phenoxy) is 1. The van der Waals surface area contributed by atoms with Crippen molar-refractivity contribution in [3.8, 4) is 0 Å². The number of hydrogen-bond donors (Lipinski definition) is 2. The second-order valence-corrected chi connectivity index (χ2v) is 7.11. The van der Waals surface area contributed by atoms with E-state index in [-0.39, 0.29) is 24.0 Å². The molecule has 132 valence electrons. The van der Waals surface area contributed by atoms with Crippen LogP contribution in [0.3, 0.4) is 0 Å². The minimum atomic E-state index is 0. The molecule has 4 nitrogen and oxygen atoms in total. The van der Waals surface area contributed by atoms with Gasteiger partial charge < -0.3 is 15.4 Å². The summed E-state index contributed by atoms with van der Waals surface area (Å²) in [5.74, 6) is 0.930. The summed E-state index contributed by atoms with van der Waals surface area (Å²) >= 11 is 1.76. The topological polar surface area (TPSA) is 45.7 Å². The fraction of sp³-hybridized carbons (Fsp3) is 0.706. The van der Waals surface area contributed by atoms with E-state index in [1.165, 1.54) is 30.6 Å². The number of nitrogens with zero attached hydrogens (tertiary/aromatic N) is 1.